The molecule has 0 aliphatic heterocycles. The Kier molecular flexibility index (Phi) is 6.36. The highest BCUT2D eigenvalue weighted by Crippen LogP contribution is 2.40. The highest BCUT2D eigenvalue weighted by molar-refractivity contribution is 8.01. The van der Waals surface area contributed by atoms with Crippen molar-refractivity contribution < 1.29 is 18.3 Å². The summed E-state index contributed by atoms with van der Waals surface area (Å²) in [6.45, 7) is 1.65. The molecule has 0 spiro atoms. The fourth-order valence-electron chi connectivity index (χ4n) is 3.52. The van der Waals surface area contributed by atoms with Crippen LogP contribution in [0.4, 0.5) is 8.78 Å². The van der Waals surface area contributed by atoms with E-state index in [1.54, 1.807) is 6.92 Å². The molecule has 0 fully saturated rings. The molecule has 9 nitrogen and oxygen atoms in total. The average molecular weight is 514 g/mol. The number of thioether (sulfide) groups is 1. The summed E-state index contributed by atoms with van der Waals surface area (Å²) in [6.07, 6.45) is 4.00. The van der Waals surface area contributed by atoms with Crippen LogP contribution in [0.1, 0.15) is 12.5 Å². The minimum absolute atomic E-state index is 0.0456. The fraction of sp³-hybridized carbons (Fsp3) is 0.182. The highest BCUT2D eigenvalue weighted by atomic mass is 32.2. The first kappa shape index (κ1) is 23.2. The number of rotatable bonds is 8. The van der Waals surface area contributed by atoms with Gasteiger partial charge in [-0.3, -0.25) is 0 Å². The van der Waals surface area contributed by atoms with E-state index in [0.717, 1.165) is 34.8 Å². The first-order valence-corrected chi connectivity index (χ1v) is 12.0. The normalized spacial score (nSPS) is 14.1. The Balaban J connectivity index is 1.39. The van der Waals surface area contributed by atoms with Crippen molar-refractivity contribution in [1.29, 1.82) is 0 Å². The minimum Gasteiger partial charge on any atom is -0.423 e. The van der Waals surface area contributed by atoms with Crippen LogP contribution in [-0.4, -0.2) is 44.7 Å². The largest absolute Gasteiger partial charge is 0.423 e. The molecule has 0 saturated heterocycles. The molecule has 0 bridgehead atoms. The number of hydrogen-bond donors (Lipinski definition) is 1. The first-order chi connectivity index (χ1) is 16.9. The minimum atomic E-state index is -1.74. The van der Waals surface area contributed by atoms with E-state index in [-0.39, 0.29) is 12.1 Å². The van der Waals surface area contributed by atoms with Gasteiger partial charge in [0.1, 0.15) is 29.9 Å². The quantitative estimate of drug-likeness (QED) is 0.305. The van der Waals surface area contributed by atoms with Gasteiger partial charge in [0.15, 0.2) is 10.2 Å². The highest BCUT2D eigenvalue weighted by Gasteiger charge is 2.40. The van der Waals surface area contributed by atoms with Gasteiger partial charge in [-0.15, -0.1) is 10.2 Å². The average Bonchev–Trinajstić information content (AvgIpc) is 3.62. The van der Waals surface area contributed by atoms with Crippen LogP contribution in [0.2, 0.25) is 0 Å². The molecule has 178 valence electrons. The van der Waals surface area contributed by atoms with Crippen LogP contribution in [-0.2, 0) is 12.1 Å². The second-order valence-corrected chi connectivity index (χ2v) is 9.95. The Morgan fingerprint density at radius 1 is 1.17 bits per heavy atom. The van der Waals surface area contributed by atoms with E-state index < -0.39 is 22.5 Å². The Morgan fingerprint density at radius 2 is 1.97 bits per heavy atom. The lowest BCUT2D eigenvalue weighted by Gasteiger charge is -2.33. The molecule has 35 heavy (non-hydrogen) atoms. The molecule has 0 aliphatic rings. The number of aromatic nitrogens is 7. The third kappa shape index (κ3) is 4.83. The maximum atomic E-state index is 14.7. The zero-order valence-corrected chi connectivity index (χ0v) is 19.7. The monoisotopic (exact) mass is 513 g/mol. The van der Waals surface area contributed by atoms with Crippen molar-refractivity contribution in [3.8, 4) is 22.8 Å². The van der Waals surface area contributed by atoms with Gasteiger partial charge < -0.3 is 9.52 Å². The number of aliphatic hydroxyl groups is 1. The van der Waals surface area contributed by atoms with Crippen LogP contribution < -0.4 is 0 Å². The van der Waals surface area contributed by atoms with Gasteiger partial charge in [0.2, 0.25) is 12.3 Å². The molecule has 3 aromatic heterocycles. The van der Waals surface area contributed by atoms with Gasteiger partial charge in [0, 0.05) is 28.0 Å². The molecule has 3 heterocycles. The fourth-order valence-corrected chi connectivity index (χ4v) is 5.51. The van der Waals surface area contributed by atoms with Crippen molar-refractivity contribution in [3.05, 3.63) is 78.7 Å². The topological polar surface area (TPSA) is 116 Å². The van der Waals surface area contributed by atoms with Crippen molar-refractivity contribution in [1.82, 2.24) is 34.3 Å². The van der Waals surface area contributed by atoms with Crippen LogP contribution in [0.25, 0.3) is 22.8 Å². The Morgan fingerprint density at radius 3 is 2.66 bits per heavy atom. The standard InChI is InChI=1S/C22H17F2N7O2S2/c1-13(22(32,9-31-11-25-10-27-31)17-7-6-16(23)8-18(17)24)34-21-28-19(30-35-21)14-2-4-15(5-3-14)20-29-26-12-33-20/h2-8,10-13,32H,9H2,1H3. The molecule has 2 atom stereocenters. The van der Waals surface area contributed by atoms with Crippen molar-refractivity contribution in [3.63, 3.8) is 0 Å². The maximum Gasteiger partial charge on any atom is 0.247 e. The van der Waals surface area contributed by atoms with Gasteiger partial charge in [-0.25, -0.2) is 23.4 Å². The molecule has 13 heteroatoms. The Bertz CT molecular complexity index is 1410. The van der Waals surface area contributed by atoms with Crippen molar-refractivity contribution in [2.75, 3.05) is 0 Å². The second-order valence-electron chi connectivity index (χ2n) is 7.61. The van der Waals surface area contributed by atoms with Gasteiger partial charge in [-0.1, -0.05) is 30.0 Å². The third-order valence-corrected chi connectivity index (χ3v) is 7.44. The number of nitrogens with zero attached hydrogens (tertiary/aromatic N) is 7. The van der Waals surface area contributed by atoms with Crippen LogP contribution in [0.15, 0.2) is 70.3 Å². The summed E-state index contributed by atoms with van der Waals surface area (Å²) in [7, 11) is 0. The maximum absolute atomic E-state index is 14.7. The molecule has 1 N–H and O–H groups in total. The predicted octanol–water partition coefficient (Wildman–Crippen LogP) is 4.19. The van der Waals surface area contributed by atoms with Crippen LogP contribution in [0, 0.1) is 11.6 Å². The summed E-state index contributed by atoms with van der Waals surface area (Å²) >= 11 is 2.40. The SMILES string of the molecule is CC(Sc1nc(-c2ccc(-c3nnco3)cc2)ns1)C(O)(Cn1cncn1)c1ccc(F)cc1F. The molecule has 0 saturated carbocycles. The zero-order valence-electron chi connectivity index (χ0n) is 18.1. The van der Waals surface area contributed by atoms with Crippen molar-refractivity contribution in [2.24, 2.45) is 0 Å². The van der Waals surface area contributed by atoms with Crippen LogP contribution >= 0.6 is 23.3 Å². The van der Waals surface area contributed by atoms with E-state index in [1.165, 1.54) is 41.6 Å². The summed E-state index contributed by atoms with van der Waals surface area (Å²) in [5.41, 5.74) is -0.236. The molecule has 2 aromatic carbocycles. The van der Waals surface area contributed by atoms with E-state index in [1.807, 2.05) is 24.3 Å². The summed E-state index contributed by atoms with van der Waals surface area (Å²) in [5.74, 6) is -0.657. The number of benzene rings is 2. The summed E-state index contributed by atoms with van der Waals surface area (Å²) in [4.78, 5) is 8.46. The molecular formula is C22H17F2N7O2S2. The van der Waals surface area contributed by atoms with Crippen molar-refractivity contribution in [2.45, 2.75) is 28.7 Å². The lowest BCUT2D eigenvalue weighted by Crippen LogP contribution is -2.41. The molecule has 2 unspecified atom stereocenters. The van der Waals surface area contributed by atoms with Crippen LogP contribution in [0.3, 0.4) is 0 Å². The van der Waals surface area contributed by atoms with E-state index in [0.29, 0.717) is 16.1 Å². The number of hydrogen-bond acceptors (Lipinski definition) is 10. The smallest absolute Gasteiger partial charge is 0.247 e. The molecular weight excluding hydrogens is 496 g/mol. The first-order valence-electron chi connectivity index (χ1n) is 10.3. The summed E-state index contributed by atoms with van der Waals surface area (Å²) in [6, 6.07) is 10.4. The van der Waals surface area contributed by atoms with Crippen LogP contribution in [0.5, 0.6) is 0 Å². The predicted molar refractivity (Wildman–Crippen MR) is 124 cm³/mol. The summed E-state index contributed by atoms with van der Waals surface area (Å²) < 4.78 is 39.9. The Hall–Kier alpha value is -3.55. The molecule has 0 radical (unpaired) electrons. The summed E-state index contributed by atoms with van der Waals surface area (Å²) in [5, 5.41) is 22.6. The zero-order chi connectivity index (χ0) is 24.4. The van der Waals surface area contributed by atoms with Gasteiger partial charge in [-0.2, -0.15) is 9.47 Å². The van der Waals surface area contributed by atoms with Crippen molar-refractivity contribution >= 4 is 23.3 Å². The third-order valence-electron chi connectivity index (χ3n) is 5.37. The molecule has 5 rings (SSSR count). The number of halogens is 2. The van der Waals surface area contributed by atoms with E-state index in [4.69, 9.17) is 4.42 Å². The molecule has 5 aromatic rings. The van der Waals surface area contributed by atoms with E-state index >= 15 is 0 Å². The lowest BCUT2D eigenvalue weighted by molar-refractivity contribution is 0.0133. The lowest BCUT2D eigenvalue weighted by atomic mass is 9.90. The molecule has 0 aliphatic carbocycles. The Labute approximate surface area is 206 Å². The van der Waals surface area contributed by atoms with Gasteiger partial charge in [0.25, 0.3) is 0 Å². The van der Waals surface area contributed by atoms with Gasteiger partial charge in [0.05, 0.1) is 6.54 Å². The van der Waals surface area contributed by atoms with Gasteiger partial charge >= 0.3 is 0 Å². The van der Waals surface area contributed by atoms with E-state index in [9.17, 15) is 13.9 Å². The van der Waals surface area contributed by atoms with E-state index in [2.05, 4.69) is 29.6 Å². The van der Waals surface area contributed by atoms with Gasteiger partial charge in [-0.05, 0) is 36.7 Å². The second kappa shape index (κ2) is 9.60. The molecule has 0 amide bonds.